The van der Waals surface area contributed by atoms with Crippen LogP contribution in [0.25, 0.3) is 0 Å². The highest BCUT2D eigenvalue weighted by molar-refractivity contribution is 7.17. The number of esters is 1. The van der Waals surface area contributed by atoms with Crippen molar-refractivity contribution < 1.29 is 14.3 Å². The van der Waals surface area contributed by atoms with E-state index >= 15 is 0 Å². The van der Waals surface area contributed by atoms with Gasteiger partial charge in [-0.2, -0.15) is 0 Å². The number of carbonyl (C=O) groups is 2. The lowest BCUT2D eigenvalue weighted by Crippen LogP contribution is -2.55. The summed E-state index contributed by atoms with van der Waals surface area (Å²) in [6.45, 7) is 10.5. The van der Waals surface area contributed by atoms with Gasteiger partial charge in [0, 0.05) is 20.8 Å². The zero-order valence-electron chi connectivity index (χ0n) is 17.1. The van der Waals surface area contributed by atoms with Crippen LogP contribution in [0.2, 0.25) is 4.34 Å². The fourth-order valence-electron chi connectivity index (χ4n) is 3.81. The number of nitrogens with one attached hydrogen (secondary N) is 2. The minimum Gasteiger partial charge on any atom is -0.462 e. The van der Waals surface area contributed by atoms with Crippen LogP contribution in [0.4, 0.5) is 5.00 Å². The third-order valence-corrected chi connectivity index (χ3v) is 7.24. The maximum Gasteiger partial charge on any atom is 0.341 e. The highest BCUT2D eigenvalue weighted by Crippen LogP contribution is 2.45. The van der Waals surface area contributed by atoms with Gasteiger partial charge in [-0.1, -0.05) is 11.6 Å². The fraction of sp³-hybridized carbons (Fsp3) is 0.500. The molecule has 9 heteroatoms. The Kier molecular flexibility index (Phi) is 7.44. The molecule has 2 N–H and O–H groups in total. The maximum atomic E-state index is 12.8. The molecule has 0 spiro atoms. The van der Waals surface area contributed by atoms with E-state index in [0.29, 0.717) is 21.3 Å². The number of rotatable bonds is 5. The van der Waals surface area contributed by atoms with E-state index in [1.165, 1.54) is 22.7 Å². The van der Waals surface area contributed by atoms with E-state index in [-0.39, 0.29) is 48.4 Å². The largest absolute Gasteiger partial charge is 0.462 e. The van der Waals surface area contributed by atoms with E-state index in [2.05, 4.69) is 38.3 Å². The van der Waals surface area contributed by atoms with Gasteiger partial charge in [0.15, 0.2) is 0 Å². The van der Waals surface area contributed by atoms with Crippen LogP contribution >= 0.6 is 46.7 Å². The van der Waals surface area contributed by atoms with E-state index < -0.39 is 0 Å². The van der Waals surface area contributed by atoms with Crippen molar-refractivity contribution in [2.24, 2.45) is 0 Å². The van der Waals surface area contributed by atoms with Crippen LogP contribution in [0, 0.1) is 0 Å². The summed E-state index contributed by atoms with van der Waals surface area (Å²) in [6.07, 6.45) is 0.905. The van der Waals surface area contributed by atoms with Gasteiger partial charge in [0.25, 0.3) is 0 Å². The summed E-state index contributed by atoms with van der Waals surface area (Å²) in [7, 11) is 0. The molecule has 0 unspecified atom stereocenters. The standard InChI is InChI=1S/C20H25ClN2O3S2.ClH/c1-6-26-18(25)15-12-10-19(2,3)23-20(4,5)16(12)28-17(15)22-14(24)9-11-7-8-13(21)27-11;/h7-8,23H,6,9-10H2,1-5H3,(H,22,24);1H. The SMILES string of the molecule is CCOC(=O)c1c(NC(=O)Cc2ccc(Cl)s2)sc2c1CC(C)(C)NC2(C)C.Cl. The number of fused-ring (bicyclic) bond motifs is 1. The van der Waals surface area contributed by atoms with Gasteiger partial charge in [0.05, 0.1) is 22.9 Å². The van der Waals surface area contributed by atoms with Crippen LogP contribution in [0.1, 0.15) is 60.3 Å². The first kappa shape index (κ1) is 24.2. The Bertz CT molecular complexity index is 919. The molecule has 2 aromatic rings. The summed E-state index contributed by atoms with van der Waals surface area (Å²) < 4.78 is 5.96. The van der Waals surface area contributed by atoms with Crippen LogP contribution in [0.15, 0.2) is 12.1 Å². The summed E-state index contributed by atoms with van der Waals surface area (Å²) in [4.78, 5) is 27.3. The van der Waals surface area contributed by atoms with Crippen molar-refractivity contribution in [3.8, 4) is 0 Å². The second-order valence-electron chi connectivity index (χ2n) is 8.08. The summed E-state index contributed by atoms with van der Waals surface area (Å²) in [5, 5.41) is 7.13. The van der Waals surface area contributed by atoms with Gasteiger partial charge < -0.3 is 15.4 Å². The van der Waals surface area contributed by atoms with Gasteiger partial charge in [-0.25, -0.2) is 4.79 Å². The van der Waals surface area contributed by atoms with Crippen molar-refractivity contribution in [3.05, 3.63) is 37.4 Å². The normalized spacial score (nSPS) is 16.5. The van der Waals surface area contributed by atoms with Crippen LogP contribution in [-0.4, -0.2) is 24.0 Å². The number of carbonyl (C=O) groups excluding carboxylic acids is 2. The Morgan fingerprint density at radius 3 is 2.52 bits per heavy atom. The topological polar surface area (TPSA) is 67.4 Å². The first-order valence-electron chi connectivity index (χ1n) is 9.19. The van der Waals surface area contributed by atoms with E-state index in [9.17, 15) is 9.59 Å². The Labute approximate surface area is 190 Å². The number of hydrogen-bond donors (Lipinski definition) is 2. The first-order valence-corrected chi connectivity index (χ1v) is 11.2. The number of ether oxygens (including phenoxy) is 1. The van der Waals surface area contributed by atoms with Crippen LogP contribution in [0.3, 0.4) is 0 Å². The number of halogens is 2. The second-order valence-corrected chi connectivity index (χ2v) is 10.9. The Morgan fingerprint density at radius 2 is 1.93 bits per heavy atom. The molecule has 3 heterocycles. The maximum absolute atomic E-state index is 12.8. The van der Waals surface area contributed by atoms with E-state index in [4.69, 9.17) is 16.3 Å². The van der Waals surface area contributed by atoms with Crippen molar-refractivity contribution >= 4 is 63.6 Å². The number of hydrogen-bond acceptors (Lipinski definition) is 6. The molecule has 0 aromatic carbocycles. The number of amides is 1. The molecule has 0 saturated carbocycles. The van der Waals surface area contributed by atoms with Crippen molar-refractivity contribution in [2.75, 3.05) is 11.9 Å². The van der Waals surface area contributed by atoms with Crippen LogP contribution in [-0.2, 0) is 27.9 Å². The van der Waals surface area contributed by atoms with Gasteiger partial charge in [-0.05, 0) is 58.7 Å². The molecule has 3 rings (SSSR count). The third-order valence-electron chi connectivity index (χ3n) is 4.54. The van der Waals surface area contributed by atoms with Crippen molar-refractivity contribution in [1.29, 1.82) is 0 Å². The minimum atomic E-state index is -0.386. The molecule has 1 aliphatic heterocycles. The molecular weight excluding hydrogens is 451 g/mol. The molecule has 1 aliphatic rings. The molecular formula is C20H26Cl2N2O3S2. The quantitative estimate of drug-likeness (QED) is 0.566. The molecule has 0 bridgehead atoms. The summed E-state index contributed by atoms with van der Waals surface area (Å²) in [6, 6.07) is 3.62. The predicted molar refractivity (Wildman–Crippen MR) is 123 cm³/mol. The van der Waals surface area contributed by atoms with Gasteiger partial charge in [0.2, 0.25) is 5.91 Å². The zero-order valence-corrected chi connectivity index (χ0v) is 20.3. The highest BCUT2D eigenvalue weighted by Gasteiger charge is 2.42. The molecule has 29 heavy (non-hydrogen) atoms. The molecule has 5 nitrogen and oxygen atoms in total. The molecule has 0 atom stereocenters. The fourth-order valence-corrected chi connectivity index (χ4v) is 6.18. The van der Waals surface area contributed by atoms with E-state index in [0.717, 1.165) is 15.3 Å². The molecule has 1 amide bonds. The second kappa shape index (κ2) is 8.94. The van der Waals surface area contributed by atoms with Crippen molar-refractivity contribution in [2.45, 2.75) is 58.5 Å². The summed E-state index contributed by atoms with van der Waals surface area (Å²) >= 11 is 8.78. The molecule has 2 aromatic heterocycles. The average Bonchev–Trinajstić information content (AvgIpc) is 3.09. The van der Waals surface area contributed by atoms with Crippen LogP contribution < -0.4 is 10.6 Å². The van der Waals surface area contributed by atoms with Gasteiger partial charge in [-0.15, -0.1) is 35.1 Å². The molecule has 0 radical (unpaired) electrons. The van der Waals surface area contributed by atoms with Gasteiger partial charge >= 0.3 is 5.97 Å². The summed E-state index contributed by atoms with van der Waals surface area (Å²) in [5.41, 5.74) is 0.967. The third kappa shape index (κ3) is 5.33. The van der Waals surface area contributed by atoms with Crippen molar-refractivity contribution in [1.82, 2.24) is 5.32 Å². The summed E-state index contributed by atoms with van der Waals surface area (Å²) in [5.74, 6) is -0.560. The predicted octanol–water partition coefficient (Wildman–Crippen LogP) is 5.40. The molecule has 0 aliphatic carbocycles. The van der Waals surface area contributed by atoms with E-state index in [1.54, 1.807) is 13.0 Å². The molecule has 160 valence electrons. The van der Waals surface area contributed by atoms with E-state index in [1.807, 2.05) is 6.07 Å². The minimum absolute atomic E-state index is 0. The Morgan fingerprint density at radius 1 is 1.24 bits per heavy atom. The average molecular weight is 477 g/mol. The monoisotopic (exact) mass is 476 g/mol. The number of thiophene rings is 2. The lowest BCUT2D eigenvalue weighted by molar-refractivity contribution is -0.115. The Hall–Kier alpha value is -1.12. The first-order chi connectivity index (χ1) is 13.0. The van der Waals surface area contributed by atoms with Crippen molar-refractivity contribution in [3.63, 3.8) is 0 Å². The van der Waals surface area contributed by atoms with Gasteiger partial charge in [0.1, 0.15) is 5.00 Å². The Balaban J connectivity index is 0.00000300. The lowest BCUT2D eigenvalue weighted by Gasteiger charge is -2.42. The zero-order chi connectivity index (χ0) is 20.7. The smallest absolute Gasteiger partial charge is 0.341 e. The number of anilines is 1. The lowest BCUT2D eigenvalue weighted by atomic mass is 9.81. The molecule has 0 saturated heterocycles. The van der Waals surface area contributed by atoms with Gasteiger partial charge in [-0.3, -0.25) is 4.79 Å². The highest BCUT2D eigenvalue weighted by atomic mass is 35.5. The molecule has 0 fully saturated rings. The van der Waals surface area contributed by atoms with Crippen LogP contribution in [0.5, 0.6) is 0 Å².